The molecule has 1 heterocycles. The number of aromatic nitrogens is 1. The number of nitrogens with one attached hydrogen (secondary N) is 1. The van der Waals surface area contributed by atoms with Crippen LogP contribution in [0, 0.1) is 0 Å². The summed E-state index contributed by atoms with van der Waals surface area (Å²) in [5.41, 5.74) is 1.61. The lowest BCUT2D eigenvalue weighted by atomic mass is 10.1. The molecule has 0 fully saturated rings. The number of fused-ring (bicyclic) bond motifs is 1. The zero-order valence-electron chi connectivity index (χ0n) is 18.2. The molecule has 164 valence electrons. The minimum atomic E-state index is -3.89. The Morgan fingerprint density at radius 2 is 1.65 bits per heavy atom. The number of amides is 1. The third-order valence-electron chi connectivity index (χ3n) is 5.50. The van der Waals surface area contributed by atoms with Crippen LogP contribution in [0.4, 0.5) is 5.69 Å². The van der Waals surface area contributed by atoms with E-state index in [4.69, 9.17) is 0 Å². The van der Waals surface area contributed by atoms with Crippen LogP contribution in [0.1, 0.15) is 36.7 Å². The molecular formula is C23H27N3O4S. The van der Waals surface area contributed by atoms with Crippen molar-refractivity contribution < 1.29 is 13.2 Å². The van der Waals surface area contributed by atoms with Crippen LogP contribution in [-0.2, 0) is 16.4 Å². The van der Waals surface area contributed by atoms with Crippen LogP contribution in [0.15, 0.2) is 58.4 Å². The molecule has 0 bridgehead atoms. The van der Waals surface area contributed by atoms with Crippen molar-refractivity contribution in [2.24, 2.45) is 0 Å². The number of benzene rings is 2. The maximum Gasteiger partial charge on any atom is 0.264 e. The summed E-state index contributed by atoms with van der Waals surface area (Å²) >= 11 is 0. The predicted molar refractivity (Wildman–Crippen MR) is 123 cm³/mol. The van der Waals surface area contributed by atoms with E-state index in [2.05, 4.69) is 4.98 Å². The molecule has 1 amide bonds. The summed E-state index contributed by atoms with van der Waals surface area (Å²) in [5, 5.41) is 0.161. The lowest BCUT2D eigenvalue weighted by Gasteiger charge is -2.20. The molecular weight excluding hydrogens is 414 g/mol. The Kier molecular flexibility index (Phi) is 6.50. The third kappa shape index (κ3) is 4.20. The normalized spacial score (nSPS) is 11.5. The Balaban J connectivity index is 2.06. The number of sulfonamides is 1. The SMILES string of the molecule is CCc1ccc(N(C)S(=O)(=O)c2ccc3[nH]cc(C(=O)N(CC)CC)c(=O)c3c2)cc1. The summed E-state index contributed by atoms with van der Waals surface area (Å²) in [6.07, 6.45) is 2.25. The number of aromatic amines is 1. The second-order valence-electron chi connectivity index (χ2n) is 7.21. The molecule has 0 atom stereocenters. The van der Waals surface area contributed by atoms with Gasteiger partial charge in [-0.15, -0.1) is 0 Å². The Labute approximate surface area is 182 Å². The van der Waals surface area contributed by atoms with Crippen molar-refractivity contribution in [3.8, 4) is 0 Å². The molecule has 0 aliphatic rings. The van der Waals surface area contributed by atoms with E-state index in [9.17, 15) is 18.0 Å². The van der Waals surface area contributed by atoms with Gasteiger partial charge >= 0.3 is 0 Å². The number of H-pyrrole nitrogens is 1. The fourth-order valence-electron chi connectivity index (χ4n) is 3.44. The van der Waals surface area contributed by atoms with Gasteiger partial charge in [0, 0.05) is 37.2 Å². The van der Waals surface area contributed by atoms with Gasteiger partial charge in [0.2, 0.25) is 5.43 Å². The molecule has 8 heteroatoms. The first-order valence-electron chi connectivity index (χ1n) is 10.3. The third-order valence-corrected chi connectivity index (χ3v) is 7.28. The summed E-state index contributed by atoms with van der Waals surface area (Å²) in [4.78, 5) is 30.2. The highest BCUT2D eigenvalue weighted by atomic mass is 32.2. The number of anilines is 1. The highest BCUT2D eigenvalue weighted by molar-refractivity contribution is 7.92. The smallest absolute Gasteiger partial charge is 0.264 e. The molecule has 0 unspecified atom stereocenters. The number of carbonyl (C=O) groups excluding carboxylic acids is 1. The monoisotopic (exact) mass is 441 g/mol. The fourth-order valence-corrected chi connectivity index (χ4v) is 4.66. The van der Waals surface area contributed by atoms with Gasteiger partial charge in [0.25, 0.3) is 15.9 Å². The van der Waals surface area contributed by atoms with Crippen molar-refractivity contribution in [1.29, 1.82) is 0 Å². The molecule has 0 saturated heterocycles. The average Bonchev–Trinajstić information content (AvgIpc) is 2.79. The number of carbonyl (C=O) groups is 1. The summed E-state index contributed by atoms with van der Waals surface area (Å²) in [5.74, 6) is -0.380. The number of hydrogen-bond acceptors (Lipinski definition) is 4. The fraction of sp³-hybridized carbons (Fsp3) is 0.304. The molecule has 0 aliphatic carbocycles. The van der Waals surface area contributed by atoms with Crippen LogP contribution in [0.25, 0.3) is 10.9 Å². The quantitative estimate of drug-likeness (QED) is 0.608. The lowest BCUT2D eigenvalue weighted by Crippen LogP contribution is -2.34. The second-order valence-corrected chi connectivity index (χ2v) is 9.18. The van der Waals surface area contributed by atoms with Crippen molar-refractivity contribution >= 4 is 32.5 Å². The van der Waals surface area contributed by atoms with Crippen molar-refractivity contribution in [3.63, 3.8) is 0 Å². The predicted octanol–water partition coefficient (Wildman–Crippen LogP) is 3.40. The molecule has 3 aromatic rings. The zero-order valence-corrected chi connectivity index (χ0v) is 19.0. The van der Waals surface area contributed by atoms with Crippen molar-refractivity contribution in [3.05, 3.63) is 70.0 Å². The molecule has 0 aliphatic heterocycles. The van der Waals surface area contributed by atoms with Gasteiger partial charge < -0.3 is 9.88 Å². The van der Waals surface area contributed by atoms with Gasteiger partial charge in [-0.05, 0) is 56.2 Å². The van der Waals surface area contributed by atoms with Crippen LogP contribution in [0.3, 0.4) is 0 Å². The minimum Gasteiger partial charge on any atom is -0.360 e. The van der Waals surface area contributed by atoms with Crippen LogP contribution < -0.4 is 9.73 Å². The van der Waals surface area contributed by atoms with Crippen LogP contribution >= 0.6 is 0 Å². The van der Waals surface area contributed by atoms with Crippen molar-refractivity contribution in [2.75, 3.05) is 24.4 Å². The van der Waals surface area contributed by atoms with Gasteiger partial charge in [0.15, 0.2) is 0 Å². The van der Waals surface area contributed by atoms with E-state index in [1.165, 1.54) is 29.7 Å². The van der Waals surface area contributed by atoms with Gasteiger partial charge in [-0.3, -0.25) is 13.9 Å². The number of aryl methyl sites for hydroxylation is 1. The first kappa shape index (κ1) is 22.6. The second kappa shape index (κ2) is 8.93. The highest BCUT2D eigenvalue weighted by Gasteiger charge is 2.23. The Morgan fingerprint density at radius 1 is 1.00 bits per heavy atom. The van der Waals surface area contributed by atoms with E-state index >= 15 is 0 Å². The minimum absolute atomic E-state index is 0.00532. The van der Waals surface area contributed by atoms with E-state index in [1.807, 2.05) is 32.9 Å². The molecule has 31 heavy (non-hydrogen) atoms. The maximum absolute atomic E-state index is 13.2. The van der Waals surface area contributed by atoms with Crippen LogP contribution in [0.2, 0.25) is 0 Å². The van der Waals surface area contributed by atoms with E-state index < -0.39 is 15.5 Å². The standard InChI is InChI=1S/C23H27N3O4S/c1-5-16-8-10-17(11-9-16)25(4)31(29,30)18-12-13-21-19(14-18)22(27)20(15-24-21)23(28)26(6-2)7-3/h8-15H,5-7H2,1-4H3,(H,24,27). The average molecular weight is 442 g/mol. The van der Waals surface area contributed by atoms with E-state index in [0.29, 0.717) is 24.3 Å². The van der Waals surface area contributed by atoms with Gasteiger partial charge in [-0.1, -0.05) is 19.1 Å². The molecule has 0 radical (unpaired) electrons. The molecule has 0 spiro atoms. The summed E-state index contributed by atoms with van der Waals surface area (Å²) in [7, 11) is -2.42. The summed E-state index contributed by atoms with van der Waals surface area (Å²) in [6, 6.07) is 11.6. The lowest BCUT2D eigenvalue weighted by molar-refractivity contribution is 0.0771. The first-order valence-corrected chi connectivity index (χ1v) is 11.7. The van der Waals surface area contributed by atoms with Gasteiger partial charge in [0.05, 0.1) is 10.6 Å². The summed E-state index contributed by atoms with van der Waals surface area (Å²) in [6.45, 7) is 6.65. The molecule has 1 N–H and O–H groups in total. The summed E-state index contributed by atoms with van der Waals surface area (Å²) < 4.78 is 27.6. The molecule has 2 aromatic carbocycles. The largest absolute Gasteiger partial charge is 0.360 e. The number of nitrogens with zero attached hydrogens (tertiary/aromatic N) is 2. The van der Waals surface area contributed by atoms with Gasteiger partial charge in [0.1, 0.15) is 5.56 Å². The molecule has 3 rings (SSSR count). The topological polar surface area (TPSA) is 90.6 Å². The van der Waals surface area contributed by atoms with E-state index in [0.717, 1.165) is 12.0 Å². The zero-order chi connectivity index (χ0) is 22.8. The van der Waals surface area contributed by atoms with Crippen molar-refractivity contribution in [1.82, 2.24) is 9.88 Å². The number of pyridine rings is 1. The Bertz CT molecular complexity index is 1260. The van der Waals surface area contributed by atoms with E-state index in [-0.39, 0.29) is 21.8 Å². The van der Waals surface area contributed by atoms with Crippen LogP contribution in [-0.4, -0.2) is 44.3 Å². The highest BCUT2D eigenvalue weighted by Crippen LogP contribution is 2.24. The van der Waals surface area contributed by atoms with E-state index in [1.54, 1.807) is 23.1 Å². The van der Waals surface area contributed by atoms with Crippen molar-refractivity contribution in [2.45, 2.75) is 32.1 Å². The molecule has 7 nitrogen and oxygen atoms in total. The maximum atomic E-state index is 13.2. The van der Waals surface area contributed by atoms with Gasteiger partial charge in [-0.2, -0.15) is 0 Å². The number of hydrogen-bond donors (Lipinski definition) is 1. The van der Waals surface area contributed by atoms with Crippen LogP contribution in [0.5, 0.6) is 0 Å². The molecule has 1 aromatic heterocycles. The number of rotatable bonds is 7. The molecule has 0 saturated carbocycles. The van der Waals surface area contributed by atoms with Gasteiger partial charge in [-0.25, -0.2) is 8.42 Å². The first-order chi connectivity index (χ1) is 14.7. The Hall–Kier alpha value is -3.13. The Morgan fingerprint density at radius 3 is 2.23 bits per heavy atom.